The summed E-state index contributed by atoms with van der Waals surface area (Å²) in [5.74, 6) is 0.151. The van der Waals surface area contributed by atoms with Gasteiger partial charge in [-0.3, -0.25) is 0 Å². The molecule has 0 bridgehead atoms. The van der Waals surface area contributed by atoms with E-state index >= 15 is 0 Å². The van der Waals surface area contributed by atoms with Crippen molar-refractivity contribution in [3.05, 3.63) is 24.0 Å². The van der Waals surface area contributed by atoms with Crippen LogP contribution < -0.4 is 10.5 Å². The van der Waals surface area contributed by atoms with Crippen LogP contribution in [-0.2, 0) is 10.0 Å². The number of rotatable bonds is 3. The molecule has 1 aliphatic carbocycles. The molecule has 0 aliphatic heterocycles. The Morgan fingerprint density at radius 3 is 2.42 bits per heavy atom. The average Bonchev–Trinajstić information content (AvgIpc) is 2.33. The van der Waals surface area contributed by atoms with Gasteiger partial charge < -0.3 is 5.32 Å². The van der Waals surface area contributed by atoms with Crippen LogP contribution in [-0.4, -0.2) is 14.5 Å². The number of hydrogen-bond acceptors (Lipinski definition) is 3. The number of benzene rings is 1. The molecule has 0 radical (unpaired) electrons. The molecule has 1 aliphatic rings. The van der Waals surface area contributed by atoms with Gasteiger partial charge in [0.25, 0.3) is 0 Å². The van der Waals surface area contributed by atoms with Crippen molar-refractivity contribution < 1.29 is 12.8 Å². The number of primary sulfonamides is 1. The van der Waals surface area contributed by atoms with E-state index in [0.29, 0.717) is 5.69 Å². The van der Waals surface area contributed by atoms with Crippen LogP contribution in [0.15, 0.2) is 23.1 Å². The van der Waals surface area contributed by atoms with Crippen LogP contribution in [0.25, 0.3) is 0 Å². The second kappa shape index (κ2) is 5.46. The summed E-state index contributed by atoms with van der Waals surface area (Å²) in [4.78, 5) is -0.201. The molecule has 19 heavy (non-hydrogen) atoms. The van der Waals surface area contributed by atoms with Gasteiger partial charge in [-0.05, 0) is 49.8 Å². The summed E-state index contributed by atoms with van der Waals surface area (Å²) >= 11 is 0. The highest BCUT2D eigenvalue weighted by Gasteiger charge is 2.19. The molecule has 3 N–H and O–H groups in total. The van der Waals surface area contributed by atoms with Crippen LogP contribution >= 0.6 is 0 Å². The van der Waals surface area contributed by atoms with Crippen molar-refractivity contribution in [2.45, 2.75) is 43.5 Å². The first-order valence-electron chi connectivity index (χ1n) is 6.45. The summed E-state index contributed by atoms with van der Waals surface area (Å²) in [6.07, 6.45) is 4.29. The van der Waals surface area contributed by atoms with Gasteiger partial charge in [0.2, 0.25) is 10.0 Å². The highest BCUT2D eigenvalue weighted by molar-refractivity contribution is 7.89. The molecule has 0 heterocycles. The zero-order valence-electron chi connectivity index (χ0n) is 10.9. The van der Waals surface area contributed by atoms with Crippen molar-refractivity contribution in [2.75, 3.05) is 5.32 Å². The normalized spacial score (nSPS) is 24.2. The minimum absolute atomic E-state index is 0.201. The predicted octanol–water partition coefficient (Wildman–Crippen LogP) is 2.46. The van der Waals surface area contributed by atoms with Crippen LogP contribution in [0.1, 0.15) is 32.6 Å². The Balaban J connectivity index is 2.09. The lowest BCUT2D eigenvalue weighted by molar-refractivity contribution is 0.360. The third kappa shape index (κ3) is 3.67. The molecule has 6 heteroatoms. The van der Waals surface area contributed by atoms with E-state index in [0.717, 1.165) is 37.7 Å². The van der Waals surface area contributed by atoms with E-state index in [9.17, 15) is 12.8 Å². The molecule has 0 amide bonds. The molecule has 0 saturated heterocycles. The van der Waals surface area contributed by atoms with Crippen LogP contribution in [0.5, 0.6) is 0 Å². The first-order valence-corrected chi connectivity index (χ1v) is 8.00. The Hall–Kier alpha value is -1.14. The van der Waals surface area contributed by atoms with E-state index in [1.165, 1.54) is 12.1 Å². The summed E-state index contributed by atoms with van der Waals surface area (Å²) in [7, 11) is -3.85. The molecule has 1 fully saturated rings. The van der Waals surface area contributed by atoms with Crippen LogP contribution in [0.3, 0.4) is 0 Å². The van der Waals surface area contributed by atoms with Gasteiger partial charge in [-0.15, -0.1) is 0 Å². The van der Waals surface area contributed by atoms with E-state index in [4.69, 9.17) is 5.14 Å². The Morgan fingerprint density at radius 2 is 1.89 bits per heavy atom. The molecule has 0 spiro atoms. The maximum Gasteiger partial charge on any atom is 0.238 e. The Morgan fingerprint density at radius 1 is 1.26 bits per heavy atom. The topological polar surface area (TPSA) is 72.2 Å². The molecular formula is C13H19FN2O2S. The minimum Gasteiger partial charge on any atom is -0.380 e. The monoisotopic (exact) mass is 286 g/mol. The quantitative estimate of drug-likeness (QED) is 0.896. The van der Waals surface area contributed by atoms with Gasteiger partial charge in [0.05, 0.1) is 10.6 Å². The number of halogens is 1. The maximum atomic E-state index is 13.8. The molecule has 0 atom stereocenters. The first kappa shape index (κ1) is 14.3. The fourth-order valence-electron chi connectivity index (χ4n) is 2.41. The van der Waals surface area contributed by atoms with E-state index < -0.39 is 15.8 Å². The number of nitrogens with two attached hydrogens (primary N) is 1. The van der Waals surface area contributed by atoms with Crippen molar-refractivity contribution in [3.63, 3.8) is 0 Å². The van der Waals surface area contributed by atoms with Crippen LogP contribution in [0.4, 0.5) is 10.1 Å². The smallest absolute Gasteiger partial charge is 0.238 e. The van der Waals surface area contributed by atoms with Gasteiger partial charge in [-0.25, -0.2) is 17.9 Å². The largest absolute Gasteiger partial charge is 0.380 e. The minimum atomic E-state index is -3.85. The molecule has 4 nitrogen and oxygen atoms in total. The highest BCUT2D eigenvalue weighted by Crippen LogP contribution is 2.27. The molecular weight excluding hydrogens is 267 g/mol. The lowest BCUT2D eigenvalue weighted by Crippen LogP contribution is -2.25. The van der Waals surface area contributed by atoms with Gasteiger partial charge in [0.15, 0.2) is 0 Å². The lowest BCUT2D eigenvalue weighted by Gasteiger charge is -2.27. The Labute approximate surface area is 113 Å². The first-order chi connectivity index (χ1) is 8.86. The van der Waals surface area contributed by atoms with E-state index in [-0.39, 0.29) is 10.9 Å². The van der Waals surface area contributed by atoms with Gasteiger partial charge in [-0.1, -0.05) is 6.92 Å². The molecule has 1 aromatic rings. The lowest BCUT2D eigenvalue weighted by atomic mass is 9.87. The van der Waals surface area contributed by atoms with Crippen molar-refractivity contribution in [1.29, 1.82) is 0 Å². The molecule has 106 valence electrons. The maximum absolute atomic E-state index is 13.8. The summed E-state index contributed by atoms with van der Waals surface area (Å²) in [6.45, 7) is 2.22. The van der Waals surface area contributed by atoms with Crippen LogP contribution in [0.2, 0.25) is 0 Å². The number of hydrogen-bond donors (Lipinski definition) is 2. The number of sulfonamides is 1. The zero-order chi connectivity index (χ0) is 14.0. The van der Waals surface area contributed by atoms with E-state index in [1.807, 2.05) is 0 Å². The van der Waals surface area contributed by atoms with Crippen molar-refractivity contribution >= 4 is 15.7 Å². The summed E-state index contributed by atoms with van der Waals surface area (Å²) < 4.78 is 36.1. The van der Waals surface area contributed by atoms with Gasteiger partial charge in [0.1, 0.15) is 5.82 Å². The summed E-state index contributed by atoms with van der Waals surface area (Å²) in [5, 5.41) is 8.10. The zero-order valence-corrected chi connectivity index (χ0v) is 11.7. The molecule has 1 aromatic carbocycles. The molecule has 0 unspecified atom stereocenters. The second-order valence-corrected chi connectivity index (χ2v) is 6.85. The molecule has 0 aromatic heterocycles. The van der Waals surface area contributed by atoms with Gasteiger partial charge in [-0.2, -0.15) is 0 Å². The summed E-state index contributed by atoms with van der Waals surface area (Å²) in [5.41, 5.74) is 0.340. The van der Waals surface area contributed by atoms with Crippen molar-refractivity contribution in [3.8, 4) is 0 Å². The predicted molar refractivity (Wildman–Crippen MR) is 72.8 cm³/mol. The third-order valence-corrected chi connectivity index (χ3v) is 4.56. The fourth-order valence-corrected chi connectivity index (χ4v) is 2.94. The average molecular weight is 286 g/mol. The number of nitrogens with one attached hydrogen (secondary N) is 1. The molecule has 2 rings (SSSR count). The van der Waals surface area contributed by atoms with E-state index in [2.05, 4.69) is 12.2 Å². The number of anilines is 1. The molecule has 1 saturated carbocycles. The van der Waals surface area contributed by atoms with E-state index in [1.54, 1.807) is 0 Å². The van der Waals surface area contributed by atoms with Crippen molar-refractivity contribution in [2.24, 2.45) is 11.1 Å². The van der Waals surface area contributed by atoms with Gasteiger partial charge in [0, 0.05) is 6.04 Å². The van der Waals surface area contributed by atoms with Crippen LogP contribution in [0, 0.1) is 11.7 Å². The Bertz CT molecular complexity index is 552. The third-order valence-electron chi connectivity index (χ3n) is 3.64. The SMILES string of the molecule is CC1CCC(Nc2ccc(S(N)(=O)=O)cc2F)CC1. The van der Waals surface area contributed by atoms with Crippen molar-refractivity contribution in [1.82, 2.24) is 0 Å². The van der Waals surface area contributed by atoms with Gasteiger partial charge >= 0.3 is 0 Å². The second-order valence-electron chi connectivity index (χ2n) is 5.29. The standard InChI is InChI=1S/C13H19FN2O2S/c1-9-2-4-10(5-3-9)16-13-7-6-11(8-12(13)14)19(15,17)18/h6-10,16H,2-5H2,1H3,(H2,15,17,18). The Kier molecular flexibility index (Phi) is 4.10. The fraction of sp³-hybridized carbons (Fsp3) is 0.538. The summed E-state index contributed by atoms with van der Waals surface area (Å²) in [6, 6.07) is 3.98. The highest BCUT2D eigenvalue weighted by atomic mass is 32.2.